The normalized spacial score (nSPS) is 11.0. The van der Waals surface area contributed by atoms with E-state index in [2.05, 4.69) is 10.1 Å². The molecule has 3 aromatic rings. The van der Waals surface area contributed by atoms with Crippen LogP contribution >= 0.6 is 11.3 Å². The number of aryl methyl sites for hydroxylation is 1. The van der Waals surface area contributed by atoms with Crippen LogP contribution in [0.15, 0.2) is 23.6 Å². The van der Waals surface area contributed by atoms with Gasteiger partial charge in [-0.1, -0.05) is 0 Å². The van der Waals surface area contributed by atoms with Crippen molar-refractivity contribution in [3.63, 3.8) is 0 Å². The van der Waals surface area contributed by atoms with Crippen molar-refractivity contribution in [2.45, 2.75) is 6.92 Å². The number of rotatable bonds is 2. The summed E-state index contributed by atoms with van der Waals surface area (Å²) in [6.45, 7) is 1.98. The van der Waals surface area contributed by atoms with Crippen molar-refractivity contribution < 1.29 is 9.90 Å². The maximum Gasteiger partial charge on any atom is 0.335 e. The molecular formula is C12H10N4O2S. The van der Waals surface area contributed by atoms with Crippen molar-refractivity contribution in [3.8, 4) is 10.7 Å². The Morgan fingerprint density at radius 1 is 1.47 bits per heavy atom. The van der Waals surface area contributed by atoms with Gasteiger partial charge in [0.05, 0.1) is 10.4 Å². The third-order valence-electron chi connectivity index (χ3n) is 2.78. The Morgan fingerprint density at radius 3 is 2.89 bits per heavy atom. The van der Waals surface area contributed by atoms with Gasteiger partial charge in [-0.05, 0) is 36.1 Å². The minimum Gasteiger partial charge on any atom is -0.478 e. The first kappa shape index (κ1) is 11.7. The number of fused-ring (bicyclic) bond motifs is 1. The highest BCUT2D eigenvalue weighted by atomic mass is 32.1. The first-order valence-electron chi connectivity index (χ1n) is 5.50. The highest BCUT2D eigenvalue weighted by molar-refractivity contribution is 7.13. The minimum absolute atomic E-state index is 0.104. The molecular weight excluding hydrogens is 264 g/mol. The second-order valence-electron chi connectivity index (χ2n) is 4.11. The number of anilines is 1. The maximum absolute atomic E-state index is 11.0. The molecule has 3 heterocycles. The summed E-state index contributed by atoms with van der Waals surface area (Å²) in [4.78, 5) is 16.3. The number of aromatic nitrogens is 3. The SMILES string of the molecule is Cc1ccsc1-c1nc2cc(C(=O)O)cc(N)n2n1. The number of carboxylic acid groups (broad SMARTS) is 1. The Kier molecular flexibility index (Phi) is 2.49. The topological polar surface area (TPSA) is 93.5 Å². The van der Waals surface area contributed by atoms with Gasteiger partial charge >= 0.3 is 5.97 Å². The highest BCUT2D eigenvalue weighted by Gasteiger charge is 2.14. The van der Waals surface area contributed by atoms with Crippen molar-refractivity contribution in [3.05, 3.63) is 34.7 Å². The summed E-state index contributed by atoms with van der Waals surface area (Å²) in [5, 5.41) is 15.3. The van der Waals surface area contributed by atoms with Gasteiger partial charge < -0.3 is 10.8 Å². The van der Waals surface area contributed by atoms with Crippen LogP contribution < -0.4 is 5.73 Å². The number of hydrogen-bond donors (Lipinski definition) is 2. The molecule has 6 nitrogen and oxygen atoms in total. The Labute approximate surface area is 112 Å². The molecule has 0 saturated heterocycles. The molecule has 0 spiro atoms. The smallest absolute Gasteiger partial charge is 0.335 e. The Balaban J connectivity index is 2.24. The monoisotopic (exact) mass is 274 g/mol. The largest absolute Gasteiger partial charge is 0.478 e. The maximum atomic E-state index is 11.0. The van der Waals surface area contributed by atoms with Gasteiger partial charge in [0.1, 0.15) is 5.82 Å². The summed E-state index contributed by atoms with van der Waals surface area (Å²) in [5.74, 6) is -0.226. The van der Waals surface area contributed by atoms with Gasteiger partial charge in [-0.15, -0.1) is 16.4 Å². The van der Waals surface area contributed by atoms with Gasteiger partial charge in [-0.2, -0.15) is 4.52 Å². The second-order valence-corrected chi connectivity index (χ2v) is 5.03. The molecule has 0 radical (unpaired) electrons. The summed E-state index contributed by atoms with van der Waals surface area (Å²) in [6, 6.07) is 4.81. The fourth-order valence-corrected chi connectivity index (χ4v) is 2.68. The van der Waals surface area contributed by atoms with Crippen LogP contribution in [0.4, 0.5) is 5.82 Å². The summed E-state index contributed by atoms with van der Waals surface area (Å²) in [5.41, 5.74) is 7.42. The average Bonchev–Trinajstić information content (AvgIpc) is 2.94. The predicted octanol–water partition coefficient (Wildman–Crippen LogP) is 2.05. The molecule has 0 aliphatic heterocycles. The summed E-state index contributed by atoms with van der Waals surface area (Å²) in [7, 11) is 0. The molecule has 3 aromatic heterocycles. The lowest BCUT2D eigenvalue weighted by atomic mass is 10.2. The van der Waals surface area contributed by atoms with Crippen LogP contribution in [0.5, 0.6) is 0 Å². The summed E-state index contributed by atoms with van der Waals surface area (Å²) in [6.07, 6.45) is 0. The van der Waals surface area contributed by atoms with Crippen LogP contribution in [0, 0.1) is 6.92 Å². The molecule has 3 N–H and O–H groups in total. The molecule has 3 rings (SSSR count). The second kappa shape index (κ2) is 4.06. The number of hydrogen-bond acceptors (Lipinski definition) is 5. The third kappa shape index (κ3) is 1.84. The van der Waals surface area contributed by atoms with Crippen LogP contribution in [0.2, 0.25) is 0 Å². The van der Waals surface area contributed by atoms with Gasteiger partial charge in [0.15, 0.2) is 11.5 Å². The predicted molar refractivity (Wildman–Crippen MR) is 72.4 cm³/mol. The fourth-order valence-electron chi connectivity index (χ4n) is 1.83. The van der Waals surface area contributed by atoms with Crippen LogP contribution in [0.25, 0.3) is 16.3 Å². The number of carbonyl (C=O) groups is 1. The molecule has 0 amide bonds. The van der Waals surface area contributed by atoms with Gasteiger partial charge in [0, 0.05) is 0 Å². The van der Waals surface area contributed by atoms with Gasteiger partial charge in [-0.25, -0.2) is 9.78 Å². The van der Waals surface area contributed by atoms with Crippen molar-refractivity contribution in [2.75, 3.05) is 5.73 Å². The molecule has 0 atom stereocenters. The van der Waals surface area contributed by atoms with E-state index in [0.717, 1.165) is 10.4 Å². The molecule has 7 heteroatoms. The zero-order chi connectivity index (χ0) is 13.6. The van der Waals surface area contributed by atoms with E-state index in [4.69, 9.17) is 10.8 Å². The van der Waals surface area contributed by atoms with Crippen LogP contribution in [-0.4, -0.2) is 25.7 Å². The molecule has 0 aromatic carbocycles. The van der Waals surface area contributed by atoms with Crippen molar-refractivity contribution in [1.82, 2.24) is 14.6 Å². The van der Waals surface area contributed by atoms with E-state index in [1.54, 1.807) is 0 Å². The molecule has 0 aliphatic carbocycles. The zero-order valence-corrected chi connectivity index (χ0v) is 10.8. The molecule has 0 saturated carbocycles. The van der Waals surface area contributed by atoms with Crippen molar-refractivity contribution >= 4 is 28.8 Å². The van der Waals surface area contributed by atoms with E-state index in [1.165, 1.54) is 28.0 Å². The number of aromatic carboxylic acids is 1. The molecule has 0 aliphatic rings. The van der Waals surface area contributed by atoms with E-state index < -0.39 is 5.97 Å². The lowest BCUT2D eigenvalue weighted by Gasteiger charge is -1.99. The lowest BCUT2D eigenvalue weighted by molar-refractivity contribution is 0.0697. The average molecular weight is 274 g/mol. The third-order valence-corrected chi connectivity index (χ3v) is 3.79. The first-order valence-corrected chi connectivity index (χ1v) is 6.38. The van der Waals surface area contributed by atoms with E-state index in [-0.39, 0.29) is 11.4 Å². The number of nitrogens with zero attached hydrogens (tertiary/aromatic N) is 3. The van der Waals surface area contributed by atoms with Gasteiger partial charge in [0.25, 0.3) is 0 Å². The number of thiophene rings is 1. The summed E-state index contributed by atoms with van der Waals surface area (Å²) < 4.78 is 1.45. The molecule has 19 heavy (non-hydrogen) atoms. The number of carboxylic acids is 1. The van der Waals surface area contributed by atoms with Crippen molar-refractivity contribution in [2.24, 2.45) is 0 Å². The molecule has 0 bridgehead atoms. The first-order chi connectivity index (χ1) is 9.06. The van der Waals surface area contributed by atoms with E-state index in [9.17, 15) is 4.79 Å². The molecule has 0 unspecified atom stereocenters. The number of nitrogen functional groups attached to an aromatic ring is 1. The zero-order valence-electron chi connectivity index (χ0n) is 9.99. The summed E-state index contributed by atoms with van der Waals surface area (Å²) >= 11 is 1.54. The minimum atomic E-state index is -1.04. The van der Waals surface area contributed by atoms with E-state index in [1.807, 2.05) is 18.4 Å². The molecule has 96 valence electrons. The Bertz CT molecular complexity index is 790. The number of nitrogens with two attached hydrogens (primary N) is 1. The van der Waals surface area contributed by atoms with E-state index >= 15 is 0 Å². The number of pyridine rings is 1. The Morgan fingerprint density at radius 2 is 2.26 bits per heavy atom. The van der Waals surface area contributed by atoms with Crippen LogP contribution in [0.3, 0.4) is 0 Å². The highest BCUT2D eigenvalue weighted by Crippen LogP contribution is 2.27. The molecule has 0 fully saturated rings. The Hall–Kier alpha value is -2.41. The van der Waals surface area contributed by atoms with Gasteiger partial charge in [0.2, 0.25) is 0 Å². The standard InChI is InChI=1S/C12H10N4O2S/c1-6-2-3-19-10(6)11-14-9-5-7(12(17)18)4-8(13)16(9)15-11/h2-5H,13H2,1H3,(H,17,18). The van der Waals surface area contributed by atoms with E-state index in [0.29, 0.717) is 11.5 Å². The van der Waals surface area contributed by atoms with Crippen molar-refractivity contribution in [1.29, 1.82) is 0 Å². The van der Waals surface area contributed by atoms with Gasteiger partial charge in [-0.3, -0.25) is 0 Å². The fraction of sp³-hybridized carbons (Fsp3) is 0.0833. The van der Waals surface area contributed by atoms with Crippen LogP contribution in [-0.2, 0) is 0 Å². The van der Waals surface area contributed by atoms with Crippen LogP contribution in [0.1, 0.15) is 15.9 Å². The lowest BCUT2D eigenvalue weighted by Crippen LogP contribution is -2.03. The quantitative estimate of drug-likeness (QED) is 0.746.